The Morgan fingerprint density at radius 2 is 1.53 bits per heavy atom. The molecular weight excluding hydrogens is 216 g/mol. The van der Waals surface area contributed by atoms with Gasteiger partial charge in [-0.2, -0.15) is 0 Å². The van der Waals surface area contributed by atoms with Crippen LogP contribution in [0.15, 0.2) is 0 Å². The van der Waals surface area contributed by atoms with Crippen LogP contribution < -0.4 is 5.73 Å². The fraction of sp³-hybridized carbons (Fsp3) is 1.00. The van der Waals surface area contributed by atoms with Gasteiger partial charge in [-0.1, -0.05) is 20.8 Å². The van der Waals surface area contributed by atoms with Gasteiger partial charge in [-0.05, 0) is 26.3 Å². The molecule has 0 saturated carbocycles. The first kappa shape index (κ1) is 16.8. The predicted octanol–water partition coefficient (Wildman–Crippen LogP) is 1.69. The largest absolute Gasteiger partial charge is 0.354 e. The summed E-state index contributed by atoms with van der Waals surface area (Å²) in [6.07, 6.45) is -0.331. The lowest BCUT2D eigenvalue weighted by molar-refractivity contribution is -0.187. The van der Waals surface area contributed by atoms with Gasteiger partial charge in [0.1, 0.15) is 0 Å². The lowest BCUT2D eigenvalue weighted by Gasteiger charge is -2.48. The van der Waals surface area contributed by atoms with Gasteiger partial charge in [0.25, 0.3) is 0 Å². The predicted molar refractivity (Wildman–Crippen MR) is 71.9 cm³/mol. The first-order valence-corrected chi connectivity index (χ1v) is 6.13. The monoisotopic (exact) mass is 246 g/mol. The summed E-state index contributed by atoms with van der Waals surface area (Å²) in [5.74, 6) is 0. The summed E-state index contributed by atoms with van der Waals surface area (Å²) in [6, 6.07) is 0.365. The van der Waals surface area contributed by atoms with Crippen LogP contribution in [0.3, 0.4) is 0 Å². The minimum Gasteiger partial charge on any atom is -0.354 e. The lowest BCUT2D eigenvalue weighted by atomic mass is 9.84. The summed E-state index contributed by atoms with van der Waals surface area (Å²) >= 11 is 0. The number of nitrogens with zero attached hydrogens (tertiary/aromatic N) is 1. The van der Waals surface area contributed by atoms with E-state index in [2.05, 4.69) is 46.6 Å². The zero-order chi connectivity index (χ0) is 13.9. The summed E-state index contributed by atoms with van der Waals surface area (Å²) in [5, 5.41) is 0. The van der Waals surface area contributed by atoms with E-state index in [0.29, 0.717) is 12.6 Å². The van der Waals surface area contributed by atoms with Crippen molar-refractivity contribution in [3.05, 3.63) is 0 Å². The highest BCUT2D eigenvalue weighted by molar-refractivity contribution is 4.94. The zero-order valence-corrected chi connectivity index (χ0v) is 12.7. The Morgan fingerprint density at radius 3 is 1.76 bits per heavy atom. The number of likely N-dealkylation sites (N-methyl/N-ethyl adjacent to an activating group) is 1. The maximum atomic E-state index is 5.94. The van der Waals surface area contributed by atoms with Gasteiger partial charge in [0, 0.05) is 26.8 Å². The van der Waals surface area contributed by atoms with E-state index in [4.69, 9.17) is 15.2 Å². The summed E-state index contributed by atoms with van der Waals surface area (Å²) in [5.41, 5.74) is 5.78. The number of rotatable bonds is 6. The molecule has 4 heteroatoms. The van der Waals surface area contributed by atoms with E-state index in [9.17, 15) is 0 Å². The summed E-state index contributed by atoms with van der Waals surface area (Å²) in [4.78, 5) is 2.25. The quantitative estimate of drug-likeness (QED) is 0.725. The van der Waals surface area contributed by atoms with Crippen molar-refractivity contribution in [1.29, 1.82) is 0 Å². The first-order chi connectivity index (χ1) is 7.65. The highest BCUT2D eigenvalue weighted by atomic mass is 16.7. The Hall–Kier alpha value is -0.160. The molecule has 17 heavy (non-hydrogen) atoms. The van der Waals surface area contributed by atoms with Crippen molar-refractivity contribution in [3.63, 3.8) is 0 Å². The van der Waals surface area contributed by atoms with Crippen LogP contribution in [0.2, 0.25) is 0 Å². The van der Waals surface area contributed by atoms with Crippen LogP contribution in [0.5, 0.6) is 0 Å². The smallest absolute Gasteiger partial charge is 0.176 e. The maximum absolute atomic E-state index is 5.94. The molecule has 2 N–H and O–H groups in total. The molecule has 0 bridgehead atoms. The highest BCUT2D eigenvalue weighted by Gasteiger charge is 2.42. The molecule has 2 unspecified atom stereocenters. The molecule has 104 valence electrons. The van der Waals surface area contributed by atoms with Crippen LogP contribution in [0.4, 0.5) is 0 Å². The van der Waals surface area contributed by atoms with Crippen molar-refractivity contribution in [2.45, 2.75) is 52.5 Å². The number of ether oxygens (including phenoxy) is 2. The van der Waals surface area contributed by atoms with Gasteiger partial charge in [0.15, 0.2) is 6.29 Å². The minimum atomic E-state index is -0.337. The third-order valence-corrected chi connectivity index (χ3v) is 3.99. The molecule has 0 aromatic rings. The summed E-state index contributed by atoms with van der Waals surface area (Å²) in [6.45, 7) is 11.4. The molecule has 0 heterocycles. The minimum absolute atomic E-state index is 0.178. The molecule has 0 aliphatic rings. The Morgan fingerprint density at radius 1 is 1.12 bits per heavy atom. The number of hydrogen-bond acceptors (Lipinski definition) is 4. The first-order valence-electron chi connectivity index (χ1n) is 6.13. The molecule has 0 aliphatic carbocycles. The Kier molecular flexibility index (Phi) is 6.08. The Bertz CT molecular complexity index is 224. The second kappa shape index (κ2) is 6.14. The van der Waals surface area contributed by atoms with Crippen molar-refractivity contribution in [1.82, 2.24) is 4.90 Å². The molecule has 0 fully saturated rings. The number of nitrogens with two attached hydrogens (primary N) is 1. The molecule has 4 nitrogen and oxygen atoms in total. The molecule has 0 amide bonds. The van der Waals surface area contributed by atoms with Gasteiger partial charge in [-0.25, -0.2) is 0 Å². The van der Waals surface area contributed by atoms with Crippen LogP contribution in [0, 0.1) is 5.41 Å². The highest BCUT2D eigenvalue weighted by Crippen LogP contribution is 2.30. The van der Waals surface area contributed by atoms with E-state index >= 15 is 0 Å². The standard InChI is InChI=1S/C13H30N2O2/c1-10(12(2,3)4)15(6)13(5,9-14)11(16-7)17-8/h10-11H,9,14H2,1-8H3. The van der Waals surface area contributed by atoms with Gasteiger partial charge in [-0.15, -0.1) is 0 Å². The van der Waals surface area contributed by atoms with Gasteiger partial charge in [0.2, 0.25) is 0 Å². The van der Waals surface area contributed by atoms with E-state index in [1.165, 1.54) is 0 Å². The normalized spacial score (nSPS) is 18.5. The average Bonchev–Trinajstić information content (AvgIpc) is 2.26. The second-order valence-electron chi connectivity index (χ2n) is 6.02. The Balaban J connectivity index is 5.10. The van der Waals surface area contributed by atoms with Crippen molar-refractivity contribution in [2.24, 2.45) is 11.1 Å². The van der Waals surface area contributed by atoms with E-state index in [1.54, 1.807) is 14.2 Å². The molecule has 0 spiro atoms. The van der Waals surface area contributed by atoms with E-state index < -0.39 is 0 Å². The van der Waals surface area contributed by atoms with Crippen LogP contribution in [0.1, 0.15) is 34.6 Å². The molecule has 0 saturated heterocycles. The molecular formula is C13H30N2O2. The Labute approximate surface area is 106 Å². The molecule has 2 atom stereocenters. The third kappa shape index (κ3) is 3.65. The summed E-state index contributed by atoms with van der Waals surface area (Å²) in [7, 11) is 5.38. The number of hydrogen-bond donors (Lipinski definition) is 1. The average molecular weight is 246 g/mol. The van der Waals surface area contributed by atoms with Crippen LogP contribution in [-0.4, -0.2) is 50.6 Å². The van der Waals surface area contributed by atoms with Crippen molar-refractivity contribution < 1.29 is 9.47 Å². The van der Waals surface area contributed by atoms with Crippen LogP contribution >= 0.6 is 0 Å². The fourth-order valence-electron chi connectivity index (χ4n) is 2.03. The van der Waals surface area contributed by atoms with E-state index in [0.717, 1.165) is 0 Å². The van der Waals surface area contributed by atoms with Gasteiger partial charge >= 0.3 is 0 Å². The molecule has 0 radical (unpaired) electrons. The SMILES string of the molecule is COC(OC)C(C)(CN)N(C)C(C)C(C)(C)C. The van der Waals surface area contributed by atoms with Gasteiger partial charge < -0.3 is 15.2 Å². The molecule has 0 aromatic carbocycles. The van der Waals surface area contributed by atoms with Crippen molar-refractivity contribution in [2.75, 3.05) is 27.8 Å². The van der Waals surface area contributed by atoms with Crippen molar-refractivity contribution >= 4 is 0 Å². The molecule has 0 aliphatic heterocycles. The molecule has 0 rings (SSSR count). The zero-order valence-electron chi connectivity index (χ0n) is 12.7. The van der Waals surface area contributed by atoms with Crippen molar-refractivity contribution in [3.8, 4) is 0 Å². The maximum Gasteiger partial charge on any atom is 0.176 e. The van der Waals surface area contributed by atoms with E-state index in [1.807, 2.05) is 0 Å². The third-order valence-electron chi connectivity index (χ3n) is 3.99. The second-order valence-corrected chi connectivity index (χ2v) is 6.02. The van der Waals surface area contributed by atoms with Gasteiger partial charge in [-0.3, -0.25) is 4.90 Å². The van der Waals surface area contributed by atoms with Crippen LogP contribution in [-0.2, 0) is 9.47 Å². The topological polar surface area (TPSA) is 47.7 Å². The van der Waals surface area contributed by atoms with Gasteiger partial charge in [0.05, 0.1) is 5.54 Å². The van der Waals surface area contributed by atoms with E-state index in [-0.39, 0.29) is 17.2 Å². The fourth-order valence-corrected chi connectivity index (χ4v) is 2.03. The lowest BCUT2D eigenvalue weighted by Crippen LogP contribution is -2.63. The van der Waals surface area contributed by atoms with Crippen LogP contribution in [0.25, 0.3) is 0 Å². The summed E-state index contributed by atoms with van der Waals surface area (Å²) < 4.78 is 10.8. The molecule has 0 aromatic heterocycles. The number of methoxy groups -OCH3 is 2.